The number of hydrogen-bond donors (Lipinski definition) is 5. The third kappa shape index (κ3) is 3.63. The molecule has 5 N–H and O–H groups in total. The molecular weight excluding hydrogens is 512 g/mol. The van der Waals surface area contributed by atoms with Crippen LogP contribution in [-0.4, -0.2) is 25.5 Å². The van der Waals surface area contributed by atoms with Gasteiger partial charge in [0, 0.05) is 0 Å². The average Bonchev–Trinajstić information content (AvgIpc) is 3.02. The van der Waals surface area contributed by atoms with Crippen molar-refractivity contribution in [1.29, 1.82) is 0 Å². The molecule has 7 aromatic carbocycles. The van der Waals surface area contributed by atoms with Crippen LogP contribution in [0.4, 0.5) is 0 Å². The normalized spacial score (nSPS) is 11.4. The number of benzene rings is 7. The fraction of sp³-hybridized carbons (Fsp3) is 0. The Hall–Kier alpha value is -5.68. The smallest absolute Gasteiger partial charge is 0.208 e. The Kier molecular flexibility index (Phi) is 5.47. The molecule has 0 aliphatic heterocycles. The third-order valence-corrected chi connectivity index (χ3v) is 7.80. The van der Waals surface area contributed by atoms with E-state index in [0.717, 1.165) is 49.0 Å². The van der Waals surface area contributed by atoms with Crippen molar-refractivity contribution >= 4 is 32.3 Å². The van der Waals surface area contributed by atoms with Crippen molar-refractivity contribution in [3.05, 3.63) is 115 Å². The standard InChI is InChI=1S/C36H24O5/c37-32-30(33(38)35(40)36(41)34(32)39)22-17-18-23-21(19-22)11-8-16-24(23)31-27-14-6-4-12-25(27)29(20-9-2-1-3-10-20)26-13-5-7-15-28(26)31/h1-19,37-41H. The van der Waals surface area contributed by atoms with Gasteiger partial charge in [0.05, 0.1) is 5.56 Å². The Balaban J connectivity index is 1.53. The highest BCUT2D eigenvalue weighted by atomic mass is 16.4. The minimum atomic E-state index is -0.982. The van der Waals surface area contributed by atoms with E-state index in [4.69, 9.17) is 0 Å². The lowest BCUT2D eigenvalue weighted by molar-refractivity contribution is 0.330. The number of rotatable bonds is 3. The second kappa shape index (κ2) is 9.21. The highest BCUT2D eigenvalue weighted by Crippen LogP contribution is 2.55. The number of fused-ring (bicyclic) bond motifs is 3. The molecule has 0 amide bonds. The molecule has 0 saturated carbocycles. The Labute approximate surface area is 235 Å². The van der Waals surface area contributed by atoms with E-state index in [-0.39, 0.29) is 5.56 Å². The van der Waals surface area contributed by atoms with Crippen molar-refractivity contribution < 1.29 is 25.5 Å². The summed E-state index contributed by atoms with van der Waals surface area (Å²) >= 11 is 0. The molecule has 0 aliphatic carbocycles. The molecule has 0 spiro atoms. The summed E-state index contributed by atoms with van der Waals surface area (Å²) in [6.07, 6.45) is 0. The maximum Gasteiger partial charge on any atom is 0.208 e. The van der Waals surface area contributed by atoms with Crippen molar-refractivity contribution in [2.45, 2.75) is 0 Å². The highest BCUT2D eigenvalue weighted by molar-refractivity contribution is 6.23. The van der Waals surface area contributed by atoms with E-state index < -0.39 is 28.7 Å². The molecule has 0 heterocycles. The predicted molar refractivity (Wildman–Crippen MR) is 164 cm³/mol. The van der Waals surface area contributed by atoms with Crippen LogP contribution < -0.4 is 0 Å². The molecule has 198 valence electrons. The van der Waals surface area contributed by atoms with Crippen molar-refractivity contribution in [3.8, 4) is 62.1 Å². The lowest BCUT2D eigenvalue weighted by Gasteiger charge is -2.19. The number of aromatic hydroxyl groups is 5. The average molecular weight is 537 g/mol. The van der Waals surface area contributed by atoms with Crippen LogP contribution in [0.3, 0.4) is 0 Å². The number of phenols is 5. The monoisotopic (exact) mass is 536 g/mol. The number of hydrogen-bond acceptors (Lipinski definition) is 5. The summed E-state index contributed by atoms with van der Waals surface area (Å²) in [6, 6.07) is 38.6. The molecule has 5 heteroatoms. The Morgan fingerprint density at radius 2 is 0.829 bits per heavy atom. The zero-order valence-electron chi connectivity index (χ0n) is 21.7. The summed E-state index contributed by atoms with van der Waals surface area (Å²) < 4.78 is 0. The molecule has 0 aliphatic rings. The van der Waals surface area contributed by atoms with Crippen LogP contribution in [0.15, 0.2) is 115 Å². The second-order valence-electron chi connectivity index (χ2n) is 10.1. The van der Waals surface area contributed by atoms with Gasteiger partial charge in [-0.3, -0.25) is 0 Å². The van der Waals surface area contributed by atoms with Gasteiger partial charge in [-0.05, 0) is 66.2 Å². The van der Waals surface area contributed by atoms with Crippen LogP contribution in [0.25, 0.3) is 65.7 Å². The van der Waals surface area contributed by atoms with Gasteiger partial charge in [-0.15, -0.1) is 0 Å². The van der Waals surface area contributed by atoms with Crippen LogP contribution in [0.5, 0.6) is 28.7 Å². The van der Waals surface area contributed by atoms with Crippen LogP contribution in [0.1, 0.15) is 0 Å². The topological polar surface area (TPSA) is 101 Å². The molecule has 0 unspecified atom stereocenters. The quantitative estimate of drug-likeness (QED) is 0.0884. The van der Waals surface area contributed by atoms with E-state index in [1.807, 2.05) is 36.4 Å². The van der Waals surface area contributed by atoms with Crippen molar-refractivity contribution in [2.75, 3.05) is 0 Å². The summed E-state index contributed by atoms with van der Waals surface area (Å²) in [5.74, 6) is -4.23. The van der Waals surface area contributed by atoms with Crippen LogP contribution in [0.2, 0.25) is 0 Å². The molecule has 5 nitrogen and oxygen atoms in total. The van der Waals surface area contributed by atoms with E-state index in [9.17, 15) is 25.5 Å². The van der Waals surface area contributed by atoms with Gasteiger partial charge in [0.1, 0.15) is 0 Å². The van der Waals surface area contributed by atoms with Crippen LogP contribution in [-0.2, 0) is 0 Å². The predicted octanol–water partition coefficient (Wildman–Crippen LogP) is 8.68. The molecule has 0 bridgehead atoms. The first-order valence-corrected chi connectivity index (χ1v) is 13.2. The molecule has 7 rings (SSSR count). The first-order valence-electron chi connectivity index (χ1n) is 13.2. The van der Waals surface area contributed by atoms with E-state index >= 15 is 0 Å². The van der Waals surface area contributed by atoms with Gasteiger partial charge in [0.25, 0.3) is 0 Å². The fourth-order valence-electron chi connectivity index (χ4n) is 5.95. The van der Waals surface area contributed by atoms with Crippen molar-refractivity contribution in [2.24, 2.45) is 0 Å². The van der Waals surface area contributed by atoms with E-state index in [1.165, 1.54) is 5.56 Å². The van der Waals surface area contributed by atoms with Gasteiger partial charge in [0.15, 0.2) is 11.5 Å². The Morgan fingerprint density at radius 3 is 1.41 bits per heavy atom. The van der Waals surface area contributed by atoms with Gasteiger partial charge < -0.3 is 25.5 Å². The first kappa shape index (κ1) is 24.4. The number of phenolic OH excluding ortho intramolecular Hbond substituents is 5. The minimum Gasteiger partial charge on any atom is -0.504 e. The summed E-state index contributed by atoms with van der Waals surface area (Å²) in [5, 5.41) is 57.3. The first-order chi connectivity index (χ1) is 20.0. The Bertz CT molecular complexity index is 2060. The van der Waals surface area contributed by atoms with Gasteiger partial charge in [-0.25, -0.2) is 0 Å². The fourth-order valence-corrected chi connectivity index (χ4v) is 5.95. The van der Waals surface area contributed by atoms with Crippen LogP contribution in [0, 0.1) is 0 Å². The van der Waals surface area contributed by atoms with Crippen LogP contribution >= 0.6 is 0 Å². The van der Waals surface area contributed by atoms with Gasteiger partial charge in [-0.1, -0.05) is 109 Å². The van der Waals surface area contributed by atoms with Gasteiger partial charge in [-0.2, -0.15) is 0 Å². The largest absolute Gasteiger partial charge is 0.504 e. The van der Waals surface area contributed by atoms with Gasteiger partial charge in [0.2, 0.25) is 17.2 Å². The maximum absolute atomic E-state index is 10.5. The SMILES string of the molecule is Oc1c(O)c(O)c(-c2ccc3c(-c4c5ccccc5c(-c5ccccc5)c5ccccc45)cccc3c2)c(O)c1O. The zero-order valence-corrected chi connectivity index (χ0v) is 21.7. The van der Waals surface area contributed by atoms with Gasteiger partial charge >= 0.3 is 0 Å². The molecule has 0 radical (unpaired) electrons. The molecule has 7 aromatic rings. The lowest BCUT2D eigenvalue weighted by atomic mass is 9.84. The molecular formula is C36H24O5. The van der Waals surface area contributed by atoms with E-state index in [1.54, 1.807) is 12.1 Å². The zero-order chi connectivity index (χ0) is 28.2. The van der Waals surface area contributed by atoms with E-state index in [0.29, 0.717) is 5.56 Å². The van der Waals surface area contributed by atoms with Crippen molar-refractivity contribution in [1.82, 2.24) is 0 Å². The second-order valence-corrected chi connectivity index (χ2v) is 10.1. The molecule has 0 atom stereocenters. The maximum atomic E-state index is 10.5. The summed E-state index contributed by atoms with van der Waals surface area (Å²) in [5.41, 5.74) is 4.64. The molecule has 0 aromatic heterocycles. The molecule has 0 saturated heterocycles. The molecule has 41 heavy (non-hydrogen) atoms. The summed E-state index contributed by atoms with van der Waals surface area (Å²) in [4.78, 5) is 0. The van der Waals surface area contributed by atoms with E-state index in [2.05, 4.69) is 66.7 Å². The lowest BCUT2D eigenvalue weighted by Crippen LogP contribution is -1.91. The third-order valence-electron chi connectivity index (χ3n) is 7.80. The van der Waals surface area contributed by atoms with Crippen molar-refractivity contribution in [3.63, 3.8) is 0 Å². The summed E-state index contributed by atoms with van der Waals surface area (Å²) in [7, 11) is 0. The molecule has 0 fully saturated rings. The Morgan fingerprint density at radius 1 is 0.317 bits per heavy atom. The highest BCUT2D eigenvalue weighted by Gasteiger charge is 2.25. The minimum absolute atomic E-state index is 0.173. The summed E-state index contributed by atoms with van der Waals surface area (Å²) in [6.45, 7) is 0.